The third kappa shape index (κ3) is 58.0. The molecule has 1 unspecified atom stereocenters. The average molecular weight is 1010 g/mol. The molecule has 0 heterocycles. The Hall–Kier alpha value is -2.89. The van der Waals surface area contributed by atoms with Crippen LogP contribution in [0.4, 0.5) is 0 Å². The van der Waals surface area contributed by atoms with Crippen molar-refractivity contribution in [2.45, 2.75) is 329 Å². The largest absolute Gasteiger partial charge is 0.462 e. The number of hydrogen-bond donors (Lipinski definition) is 0. The number of ether oxygens (including phenoxy) is 3. The van der Waals surface area contributed by atoms with Gasteiger partial charge in [0.15, 0.2) is 6.10 Å². The van der Waals surface area contributed by atoms with Crippen LogP contribution < -0.4 is 0 Å². The van der Waals surface area contributed by atoms with Crippen LogP contribution in [0, 0.1) is 0 Å². The fraction of sp³-hybridized carbons (Fsp3) is 0.803. The summed E-state index contributed by atoms with van der Waals surface area (Å²) in [7, 11) is 0. The molecule has 0 rings (SSSR count). The van der Waals surface area contributed by atoms with Crippen LogP contribution in [0.3, 0.4) is 0 Å². The Morgan fingerprint density at radius 1 is 0.292 bits per heavy atom. The van der Waals surface area contributed by atoms with Crippen LogP contribution in [-0.4, -0.2) is 37.2 Å². The summed E-state index contributed by atoms with van der Waals surface area (Å²) >= 11 is 0. The summed E-state index contributed by atoms with van der Waals surface area (Å²) in [4.78, 5) is 38.3. The molecule has 0 aromatic rings. The zero-order valence-electron chi connectivity index (χ0n) is 47.9. The lowest BCUT2D eigenvalue weighted by molar-refractivity contribution is -0.167. The van der Waals surface area contributed by atoms with Gasteiger partial charge in [0.25, 0.3) is 0 Å². The summed E-state index contributed by atoms with van der Waals surface area (Å²) < 4.78 is 16.9. The van der Waals surface area contributed by atoms with Gasteiger partial charge in [-0.05, 0) is 83.5 Å². The van der Waals surface area contributed by atoms with E-state index in [2.05, 4.69) is 81.5 Å². The van der Waals surface area contributed by atoms with Crippen LogP contribution in [0.25, 0.3) is 0 Å². The Labute approximate surface area is 447 Å². The highest BCUT2D eigenvalue weighted by Gasteiger charge is 2.19. The molecular weight excluding hydrogens is 889 g/mol. The summed E-state index contributed by atoms with van der Waals surface area (Å²) in [5, 5.41) is 0. The zero-order chi connectivity index (χ0) is 52.2. The first kappa shape index (κ1) is 69.1. The van der Waals surface area contributed by atoms with Gasteiger partial charge in [-0.1, -0.05) is 281 Å². The summed E-state index contributed by atoms with van der Waals surface area (Å²) in [5.74, 6) is -0.913. The summed E-state index contributed by atoms with van der Waals surface area (Å²) in [6, 6.07) is 0. The van der Waals surface area contributed by atoms with Crippen LogP contribution in [0.15, 0.2) is 60.8 Å². The van der Waals surface area contributed by atoms with Gasteiger partial charge in [-0.15, -0.1) is 0 Å². The van der Waals surface area contributed by atoms with E-state index in [-0.39, 0.29) is 31.1 Å². The van der Waals surface area contributed by atoms with Crippen molar-refractivity contribution >= 4 is 17.9 Å². The average Bonchev–Trinajstić information content (AvgIpc) is 3.38. The van der Waals surface area contributed by atoms with Crippen molar-refractivity contribution < 1.29 is 28.6 Å². The Bertz CT molecular complexity index is 1290. The van der Waals surface area contributed by atoms with E-state index in [9.17, 15) is 14.4 Å². The van der Waals surface area contributed by atoms with Gasteiger partial charge in [-0.25, -0.2) is 0 Å². The first-order valence-electron chi connectivity index (χ1n) is 31.3. The maximum Gasteiger partial charge on any atom is 0.306 e. The molecule has 0 N–H and O–H groups in total. The number of hydrogen-bond acceptors (Lipinski definition) is 6. The van der Waals surface area contributed by atoms with Crippen LogP contribution in [-0.2, 0) is 28.6 Å². The van der Waals surface area contributed by atoms with Crippen molar-refractivity contribution in [3.05, 3.63) is 60.8 Å². The number of carbonyl (C=O) groups is 3. The van der Waals surface area contributed by atoms with Crippen molar-refractivity contribution in [2.75, 3.05) is 13.2 Å². The normalized spacial score (nSPS) is 12.4. The molecule has 418 valence electrons. The Morgan fingerprint density at radius 3 is 0.889 bits per heavy atom. The van der Waals surface area contributed by atoms with E-state index in [1.165, 1.54) is 199 Å². The van der Waals surface area contributed by atoms with Crippen LogP contribution in [0.2, 0.25) is 0 Å². The van der Waals surface area contributed by atoms with E-state index >= 15 is 0 Å². The minimum absolute atomic E-state index is 0.0855. The van der Waals surface area contributed by atoms with Crippen LogP contribution >= 0.6 is 0 Å². The number of esters is 3. The van der Waals surface area contributed by atoms with Crippen molar-refractivity contribution in [1.29, 1.82) is 0 Å². The standard InChI is InChI=1S/C66H118O6/c1-4-7-10-13-16-19-22-25-28-30-32-33-34-36-38-41-44-47-50-53-56-59-65(68)71-62-63(61-70-64(67)58-55-52-49-46-43-40-37-27-24-21-18-15-12-9-6-3)72-66(69)60-57-54-51-48-45-42-39-35-31-29-26-23-20-17-14-11-8-5-2/h9,12,18,21,27,30,32,37,43,46,63H,4-8,10-11,13-17,19-20,22-26,28-29,31,33-36,38-42,44-45,47-62H2,1-3H3/b12-9-,21-18-,32-30-,37-27-,46-43-. The molecule has 0 saturated heterocycles. The molecule has 0 aliphatic heterocycles. The molecule has 0 amide bonds. The Balaban J connectivity index is 4.37. The first-order chi connectivity index (χ1) is 35.5. The van der Waals surface area contributed by atoms with Crippen molar-refractivity contribution in [3.8, 4) is 0 Å². The monoisotopic (exact) mass is 1010 g/mol. The fourth-order valence-electron chi connectivity index (χ4n) is 9.08. The molecule has 0 spiro atoms. The molecule has 72 heavy (non-hydrogen) atoms. The van der Waals surface area contributed by atoms with E-state index in [0.717, 1.165) is 83.5 Å². The SMILES string of the molecule is CC/C=C\C/C=C\C/C=C\C/C=C\CCCCC(=O)OCC(COC(=O)CCCCCCCCCCC/C=C\CCCCCCCCCC)OC(=O)CCCCCCCCCCCCCCCCCCCC. The lowest BCUT2D eigenvalue weighted by Gasteiger charge is -2.18. The van der Waals surface area contributed by atoms with Gasteiger partial charge in [0.05, 0.1) is 0 Å². The third-order valence-corrected chi connectivity index (χ3v) is 13.8. The quantitative estimate of drug-likeness (QED) is 0.0261. The summed E-state index contributed by atoms with van der Waals surface area (Å²) in [5.41, 5.74) is 0. The van der Waals surface area contributed by atoms with Crippen molar-refractivity contribution in [2.24, 2.45) is 0 Å². The Kier molecular flexibility index (Phi) is 58.2. The molecule has 0 aromatic heterocycles. The van der Waals surface area contributed by atoms with E-state index in [4.69, 9.17) is 14.2 Å². The zero-order valence-corrected chi connectivity index (χ0v) is 47.9. The number of unbranched alkanes of at least 4 members (excludes halogenated alkanes) is 36. The maximum atomic E-state index is 12.9. The predicted molar refractivity (Wildman–Crippen MR) is 312 cm³/mol. The predicted octanol–water partition coefficient (Wildman–Crippen LogP) is 21.2. The molecule has 0 aliphatic rings. The molecule has 6 nitrogen and oxygen atoms in total. The van der Waals surface area contributed by atoms with Gasteiger partial charge < -0.3 is 14.2 Å². The topological polar surface area (TPSA) is 78.9 Å². The lowest BCUT2D eigenvalue weighted by atomic mass is 10.0. The number of rotatable bonds is 57. The summed E-state index contributed by atoms with van der Waals surface area (Å²) in [6.45, 7) is 6.54. The lowest BCUT2D eigenvalue weighted by Crippen LogP contribution is -2.30. The number of allylic oxidation sites excluding steroid dienone is 10. The highest BCUT2D eigenvalue weighted by molar-refractivity contribution is 5.71. The smallest absolute Gasteiger partial charge is 0.306 e. The second-order valence-electron chi connectivity index (χ2n) is 20.9. The van der Waals surface area contributed by atoms with Gasteiger partial charge in [0, 0.05) is 19.3 Å². The highest BCUT2D eigenvalue weighted by Crippen LogP contribution is 2.17. The molecule has 6 heteroatoms. The molecule has 0 radical (unpaired) electrons. The molecule has 1 atom stereocenters. The van der Waals surface area contributed by atoms with E-state index in [1.54, 1.807) is 0 Å². The molecule has 0 aliphatic carbocycles. The molecule has 0 fully saturated rings. The number of carbonyl (C=O) groups excluding carboxylic acids is 3. The van der Waals surface area contributed by atoms with E-state index in [0.29, 0.717) is 19.3 Å². The molecule has 0 aromatic carbocycles. The Morgan fingerprint density at radius 2 is 0.542 bits per heavy atom. The van der Waals surface area contributed by atoms with E-state index < -0.39 is 6.10 Å². The minimum Gasteiger partial charge on any atom is -0.462 e. The summed E-state index contributed by atoms with van der Waals surface area (Å²) in [6.07, 6.45) is 76.6. The van der Waals surface area contributed by atoms with E-state index in [1.807, 2.05) is 0 Å². The molecule has 0 saturated carbocycles. The van der Waals surface area contributed by atoms with Gasteiger partial charge in [0.2, 0.25) is 0 Å². The third-order valence-electron chi connectivity index (χ3n) is 13.8. The minimum atomic E-state index is -0.791. The van der Waals surface area contributed by atoms with Crippen molar-refractivity contribution in [3.63, 3.8) is 0 Å². The maximum absolute atomic E-state index is 12.9. The second-order valence-corrected chi connectivity index (χ2v) is 20.9. The van der Waals surface area contributed by atoms with Gasteiger partial charge in [-0.2, -0.15) is 0 Å². The van der Waals surface area contributed by atoms with Gasteiger partial charge in [0.1, 0.15) is 13.2 Å². The van der Waals surface area contributed by atoms with Crippen molar-refractivity contribution in [1.82, 2.24) is 0 Å². The highest BCUT2D eigenvalue weighted by atomic mass is 16.6. The van der Waals surface area contributed by atoms with Gasteiger partial charge in [-0.3, -0.25) is 14.4 Å². The van der Waals surface area contributed by atoms with Gasteiger partial charge >= 0.3 is 17.9 Å². The molecular formula is C66H118O6. The second kappa shape index (κ2) is 60.7. The van der Waals surface area contributed by atoms with Crippen LogP contribution in [0.5, 0.6) is 0 Å². The first-order valence-corrected chi connectivity index (χ1v) is 31.3. The fourth-order valence-corrected chi connectivity index (χ4v) is 9.08. The molecule has 0 bridgehead atoms. The van der Waals surface area contributed by atoms with Crippen LogP contribution in [0.1, 0.15) is 323 Å².